The van der Waals surface area contributed by atoms with E-state index in [1.807, 2.05) is 32.2 Å². The van der Waals surface area contributed by atoms with Gasteiger partial charge in [0, 0.05) is 12.7 Å². The van der Waals surface area contributed by atoms with Crippen LogP contribution in [0.3, 0.4) is 0 Å². The van der Waals surface area contributed by atoms with Crippen molar-refractivity contribution < 1.29 is 0 Å². The third kappa shape index (κ3) is 1.79. The Labute approximate surface area is 88.3 Å². The SMILES string of the molecule is Cc1nc2cc(NCNN)ccc2n1C. The van der Waals surface area contributed by atoms with Crippen molar-refractivity contribution >= 4 is 16.7 Å². The highest BCUT2D eigenvalue weighted by molar-refractivity contribution is 5.80. The predicted molar refractivity (Wildman–Crippen MR) is 61.3 cm³/mol. The third-order valence-electron chi connectivity index (χ3n) is 2.50. The van der Waals surface area contributed by atoms with Gasteiger partial charge in [-0.3, -0.25) is 5.84 Å². The van der Waals surface area contributed by atoms with Crippen molar-refractivity contribution in [3.05, 3.63) is 24.0 Å². The molecule has 0 spiro atoms. The standard InChI is InChI=1S/C10H15N5/c1-7-14-9-5-8(12-6-13-11)3-4-10(9)15(7)2/h3-5,12-13H,6,11H2,1-2H3. The minimum atomic E-state index is 0.539. The average molecular weight is 205 g/mol. The second kappa shape index (κ2) is 3.88. The summed E-state index contributed by atoms with van der Waals surface area (Å²) in [6.07, 6.45) is 0. The minimum Gasteiger partial charge on any atom is -0.371 e. The van der Waals surface area contributed by atoms with Gasteiger partial charge in [-0.25, -0.2) is 10.4 Å². The van der Waals surface area contributed by atoms with Crippen molar-refractivity contribution in [2.24, 2.45) is 12.9 Å². The molecule has 5 heteroatoms. The van der Waals surface area contributed by atoms with Crippen LogP contribution in [0, 0.1) is 6.92 Å². The molecule has 0 aliphatic rings. The summed E-state index contributed by atoms with van der Waals surface area (Å²) >= 11 is 0. The molecule has 2 rings (SSSR count). The van der Waals surface area contributed by atoms with Crippen molar-refractivity contribution in [2.45, 2.75) is 6.92 Å². The number of hydrogen-bond acceptors (Lipinski definition) is 4. The summed E-state index contributed by atoms with van der Waals surface area (Å²) in [5.41, 5.74) is 5.69. The van der Waals surface area contributed by atoms with Gasteiger partial charge in [-0.15, -0.1) is 0 Å². The van der Waals surface area contributed by atoms with Crippen molar-refractivity contribution in [3.8, 4) is 0 Å². The van der Waals surface area contributed by atoms with Crippen LogP contribution in [-0.2, 0) is 7.05 Å². The van der Waals surface area contributed by atoms with Crippen molar-refractivity contribution in [1.29, 1.82) is 0 Å². The molecule has 0 amide bonds. The van der Waals surface area contributed by atoms with Crippen LogP contribution in [0.15, 0.2) is 18.2 Å². The number of hydrogen-bond donors (Lipinski definition) is 3. The van der Waals surface area contributed by atoms with E-state index in [-0.39, 0.29) is 0 Å². The molecule has 0 saturated heterocycles. The Balaban J connectivity index is 2.39. The van der Waals surface area contributed by atoms with Gasteiger partial charge in [0.15, 0.2) is 0 Å². The van der Waals surface area contributed by atoms with Gasteiger partial charge in [0.25, 0.3) is 0 Å². The third-order valence-corrected chi connectivity index (χ3v) is 2.50. The van der Waals surface area contributed by atoms with E-state index in [4.69, 9.17) is 5.84 Å². The fourth-order valence-corrected chi connectivity index (χ4v) is 1.58. The Bertz CT molecular complexity index is 474. The zero-order valence-corrected chi connectivity index (χ0v) is 8.91. The monoisotopic (exact) mass is 205 g/mol. The molecule has 0 atom stereocenters. The van der Waals surface area contributed by atoms with E-state index in [0.29, 0.717) is 6.67 Å². The Morgan fingerprint density at radius 3 is 3.00 bits per heavy atom. The number of nitrogens with zero attached hydrogens (tertiary/aromatic N) is 2. The minimum absolute atomic E-state index is 0.539. The summed E-state index contributed by atoms with van der Waals surface area (Å²) in [4.78, 5) is 4.45. The Kier molecular flexibility index (Phi) is 2.57. The Hall–Kier alpha value is -1.59. The van der Waals surface area contributed by atoms with Crippen molar-refractivity contribution in [1.82, 2.24) is 15.0 Å². The molecule has 2 aromatic rings. The smallest absolute Gasteiger partial charge is 0.106 e. The van der Waals surface area contributed by atoms with E-state index in [1.165, 1.54) is 0 Å². The van der Waals surface area contributed by atoms with Gasteiger partial charge in [-0.1, -0.05) is 0 Å². The quantitative estimate of drug-likeness (QED) is 0.392. The summed E-state index contributed by atoms with van der Waals surface area (Å²) < 4.78 is 2.07. The number of rotatable bonds is 3. The number of nitrogens with two attached hydrogens (primary N) is 1. The van der Waals surface area contributed by atoms with Crippen LogP contribution in [0.1, 0.15) is 5.82 Å². The summed E-state index contributed by atoms with van der Waals surface area (Å²) in [5.74, 6) is 6.20. The molecule has 0 saturated carbocycles. The second-order valence-electron chi connectivity index (χ2n) is 3.48. The number of benzene rings is 1. The molecule has 80 valence electrons. The molecule has 1 aromatic heterocycles. The van der Waals surface area contributed by atoms with Crippen LogP contribution in [-0.4, -0.2) is 16.2 Å². The van der Waals surface area contributed by atoms with Gasteiger partial charge in [0.1, 0.15) is 5.82 Å². The molecule has 0 fully saturated rings. The normalized spacial score (nSPS) is 10.9. The first-order valence-corrected chi connectivity index (χ1v) is 4.83. The lowest BCUT2D eigenvalue weighted by molar-refractivity contribution is 0.790. The lowest BCUT2D eigenvalue weighted by Gasteiger charge is -2.04. The van der Waals surface area contributed by atoms with Crippen LogP contribution in [0.4, 0.5) is 5.69 Å². The van der Waals surface area contributed by atoms with Gasteiger partial charge >= 0.3 is 0 Å². The van der Waals surface area contributed by atoms with Crippen molar-refractivity contribution in [3.63, 3.8) is 0 Å². The second-order valence-corrected chi connectivity index (χ2v) is 3.48. The maximum atomic E-state index is 5.18. The van der Waals surface area contributed by atoms with E-state index in [0.717, 1.165) is 22.5 Å². The zero-order chi connectivity index (χ0) is 10.8. The molecule has 0 aliphatic heterocycles. The number of aryl methyl sites for hydroxylation is 2. The first-order valence-electron chi connectivity index (χ1n) is 4.83. The maximum Gasteiger partial charge on any atom is 0.106 e. The summed E-state index contributed by atoms with van der Waals surface area (Å²) in [6.45, 7) is 2.53. The molecule has 5 nitrogen and oxygen atoms in total. The van der Waals surface area contributed by atoms with Gasteiger partial charge < -0.3 is 9.88 Å². The molecule has 0 unspecified atom stereocenters. The largest absolute Gasteiger partial charge is 0.371 e. The fourth-order valence-electron chi connectivity index (χ4n) is 1.58. The molecule has 0 radical (unpaired) electrons. The van der Waals surface area contributed by atoms with Gasteiger partial charge in [-0.05, 0) is 25.1 Å². The highest BCUT2D eigenvalue weighted by atomic mass is 15.3. The molecular formula is C10H15N5. The predicted octanol–water partition coefficient (Wildman–Crippen LogP) is 0.714. The van der Waals surface area contributed by atoms with Crippen LogP contribution in [0.5, 0.6) is 0 Å². The van der Waals surface area contributed by atoms with Gasteiger partial charge in [0.05, 0.1) is 17.7 Å². The number of fused-ring (bicyclic) bond motifs is 1. The lowest BCUT2D eigenvalue weighted by atomic mass is 10.3. The highest BCUT2D eigenvalue weighted by Gasteiger charge is 2.03. The summed E-state index contributed by atoms with van der Waals surface area (Å²) in [7, 11) is 2.01. The van der Waals surface area contributed by atoms with Crippen LogP contribution in [0.2, 0.25) is 0 Å². The molecule has 15 heavy (non-hydrogen) atoms. The van der Waals surface area contributed by atoms with Crippen LogP contribution < -0.4 is 16.6 Å². The Morgan fingerprint density at radius 1 is 1.47 bits per heavy atom. The molecule has 0 aliphatic carbocycles. The maximum absolute atomic E-state index is 5.18. The molecule has 1 heterocycles. The summed E-state index contributed by atoms with van der Waals surface area (Å²) in [5, 5.41) is 3.13. The van der Waals surface area contributed by atoms with E-state index in [2.05, 4.69) is 20.3 Å². The number of hydrazine groups is 1. The van der Waals surface area contributed by atoms with Crippen molar-refractivity contribution in [2.75, 3.05) is 12.0 Å². The molecule has 1 aromatic carbocycles. The van der Waals surface area contributed by atoms with E-state index in [1.54, 1.807) is 0 Å². The molecular weight excluding hydrogens is 190 g/mol. The van der Waals surface area contributed by atoms with E-state index < -0.39 is 0 Å². The average Bonchev–Trinajstić information content (AvgIpc) is 2.52. The van der Waals surface area contributed by atoms with E-state index in [9.17, 15) is 0 Å². The van der Waals surface area contributed by atoms with Crippen LogP contribution >= 0.6 is 0 Å². The van der Waals surface area contributed by atoms with E-state index >= 15 is 0 Å². The van der Waals surface area contributed by atoms with Gasteiger partial charge in [0.2, 0.25) is 0 Å². The van der Waals surface area contributed by atoms with Gasteiger partial charge in [-0.2, -0.15) is 0 Å². The Morgan fingerprint density at radius 2 is 2.27 bits per heavy atom. The highest BCUT2D eigenvalue weighted by Crippen LogP contribution is 2.18. The molecule has 4 N–H and O–H groups in total. The first-order chi connectivity index (χ1) is 7.22. The van der Waals surface area contributed by atoms with Crippen LogP contribution in [0.25, 0.3) is 11.0 Å². The number of imidazole rings is 1. The zero-order valence-electron chi connectivity index (χ0n) is 8.91. The number of nitrogens with one attached hydrogen (secondary N) is 2. The first kappa shape index (κ1) is 9.95. The topological polar surface area (TPSA) is 67.9 Å². The lowest BCUT2D eigenvalue weighted by Crippen LogP contribution is -2.28. The summed E-state index contributed by atoms with van der Waals surface area (Å²) in [6, 6.07) is 6.08. The fraction of sp³-hybridized carbons (Fsp3) is 0.300. The molecule has 0 bridgehead atoms. The number of anilines is 1. The number of aromatic nitrogens is 2.